The third-order valence-corrected chi connectivity index (χ3v) is 3.67. The lowest BCUT2D eigenvalue weighted by Crippen LogP contribution is -2.32. The molecule has 1 aliphatic carbocycles. The van der Waals surface area contributed by atoms with Crippen molar-refractivity contribution in [3.63, 3.8) is 0 Å². The normalized spacial score (nSPS) is 23.8. The molecule has 1 aliphatic rings. The van der Waals surface area contributed by atoms with Gasteiger partial charge in [-0.25, -0.2) is 0 Å². The van der Waals surface area contributed by atoms with Gasteiger partial charge in [0.2, 0.25) is 0 Å². The van der Waals surface area contributed by atoms with Gasteiger partial charge in [-0.3, -0.25) is 4.98 Å². The van der Waals surface area contributed by atoms with Gasteiger partial charge in [0, 0.05) is 18.2 Å². The summed E-state index contributed by atoms with van der Waals surface area (Å²) in [6.45, 7) is 0. The first kappa shape index (κ1) is 16.5. The molecule has 19 heavy (non-hydrogen) atoms. The highest BCUT2D eigenvalue weighted by molar-refractivity contribution is 6.31. The number of alkyl halides is 3. The number of hydrogen-bond donors (Lipinski definition) is 1. The minimum absolute atomic E-state index is 0. The molecule has 2 rings (SSSR count). The zero-order valence-electron chi connectivity index (χ0n) is 10.1. The fourth-order valence-corrected chi connectivity index (χ4v) is 2.68. The molecule has 0 radical (unpaired) electrons. The van der Waals surface area contributed by atoms with Crippen LogP contribution in [-0.2, 0) is 6.18 Å². The highest BCUT2D eigenvalue weighted by atomic mass is 35.5. The summed E-state index contributed by atoms with van der Waals surface area (Å²) < 4.78 is 37.5. The lowest BCUT2D eigenvalue weighted by Gasteiger charge is -2.28. The molecule has 0 bridgehead atoms. The summed E-state index contributed by atoms with van der Waals surface area (Å²) in [7, 11) is 0. The summed E-state index contributed by atoms with van der Waals surface area (Å²) in [6.07, 6.45) is 0.183. The molecule has 0 spiro atoms. The number of hydrogen-bond acceptors (Lipinski definition) is 2. The van der Waals surface area contributed by atoms with Crippen LogP contribution >= 0.6 is 24.0 Å². The van der Waals surface area contributed by atoms with Gasteiger partial charge < -0.3 is 5.73 Å². The fourth-order valence-electron chi connectivity index (χ4n) is 2.38. The first-order chi connectivity index (χ1) is 8.39. The summed E-state index contributed by atoms with van der Waals surface area (Å²) in [5, 5.41) is 0.0622. The zero-order chi connectivity index (χ0) is 13.3. The van der Waals surface area contributed by atoms with Crippen LogP contribution in [-0.4, -0.2) is 11.0 Å². The Morgan fingerprint density at radius 1 is 1.26 bits per heavy atom. The molecule has 1 fully saturated rings. The van der Waals surface area contributed by atoms with Gasteiger partial charge in [0.25, 0.3) is 0 Å². The third-order valence-electron chi connectivity index (χ3n) is 3.37. The molecule has 7 heteroatoms. The van der Waals surface area contributed by atoms with E-state index in [0.717, 1.165) is 37.9 Å². The summed E-state index contributed by atoms with van der Waals surface area (Å²) in [5.41, 5.74) is 5.66. The van der Waals surface area contributed by atoms with E-state index in [2.05, 4.69) is 4.98 Å². The van der Waals surface area contributed by atoms with Crippen molar-refractivity contribution in [3.8, 4) is 0 Å². The van der Waals surface area contributed by atoms with E-state index in [4.69, 9.17) is 17.3 Å². The molecule has 2 unspecified atom stereocenters. The van der Waals surface area contributed by atoms with Crippen molar-refractivity contribution < 1.29 is 13.2 Å². The second kappa shape index (κ2) is 6.29. The molecule has 108 valence electrons. The van der Waals surface area contributed by atoms with Crippen LogP contribution in [0, 0.1) is 0 Å². The first-order valence-corrected chi connectivity index (χ1v) is 6.25. The highest BCUT2D eigenvalue weighted by Gasteiger charge is 2.33. The van der Waals surface area contributed by atoms with Crippen LogP contribution in [0.1, 0.15) is 42.9 Å². The van der Waals surface area contributed by atoms with Crippen molar-refractivity contribution in [2.24, 2.45) is 5.73 Å². The van der Waals surface area contributed by atoms with Gasteiger partial charge in [0.15, 0.2) is 0 Å². The first-order valence-electron chi connectivity index (χ1n) is 5.88. The van der Waals surface area contributed by atoms with Gasteiger partial charge in [0.1, 0.15) is 0 Å². The van der Waals surface area contributed by atoms with Crippen molar-refractivity contribution in [1.29, 1.82) is 0 Å². The maximum atomic E-state index is 12.5. The second-order valence-electron chi connectivity index (χ2n) is 4.64. The Labute approximate surface area is 120 Å². The predicted molar refractivity (Wildman–Crippen MR) is 70.7 cm³/mol. The molecule has 1 heterocycles. The van der Waals surface area contributed by atoms with Crippen molar-refractivity contribution in [1.82, 2.24) is 4.98 Å². The maximum Gasteiger partial charge on any atom is 0.417 e. The van der Waals surface area contributed by atoms with Crippen molar-refractivity contribution in [3.05, 3.63) is 28.5 Å². The molecule has 0 aliphatic heterocycles. The van der Waals surface area contributed by atoms with Gasteiger partial charge in [-0.05, 0) is 18.9 Å². The molecule has 2 atom stereocenters. The topological polar surface area (TPSA) is 38.9 Å². The Kier molecular flexibility index (Phi) is 5.47. The van der Waals surface area contributed by atoms with E-state index in [9.17, 15) is 13.2 Å². The Morgan fingerprint density at radius 3 is 2.42 bits per heavy atom. The number of pyridine rings is 1. The minimum Gasteiger partial charge on any atom is -0.327 e. The molecule has 0 aromatic carbocycles. The largest absolute Gasteiger partial charge is 0.417 e. The van der Waals surface area contributed by atoms with Crippen LogP contribution in [0.2, 0.25) is 5.02 Å². The number of nitrogens with zero attached hydrogens (tertiary/aromatic N) is 1. The molecule has 2 nitrogen and oxygen atoms in total. The van der Waals surface area contributed by atoms with E-state index in [-0.39, 0.29) is 29.4 Å². The van der Waals surface area contributed by atoms with Crippen LogP contribution in [0.4, 0.5) is 13.2 Å². The molecule has 2 N–H and O–H groups in total. The summed E-state index contributed by atoms with van der Waals surface area (Å²) in [6, 6.07) is 0.867. The van der Waals surface area contributed by atoms with Gasteiger partial charge >= 0.3 is 6.18 Å². The SMILES string of the molecule is Cl.NC1CCCCC1c1ncc(C(F)(F)F)cc1Cl. The Morgan fingerprint density at radius 2 is 1.89 bits per heavy atom. The molecular formula is C12H15Cl2F3N2. The van der Waals surface area contributed by atoms with Crippen LogP contribution in [0.5, 0.6) is 0 Å². The van der Waals surface area contributed by atoms with E-state index in [1.807, 2.05) is 0 Å². The van der Waals surface area contributed by atoms with Crippen LogP contribution < -0.4 is 5.73 Å². The van der Waals surface area contributed by atoms with E-state index >= 15 is 0 Å². The Hall–Kier alpha value is -0.520. The molecular weight excluding hydrogens is 300 g/mol. The van der Waals surface area contributed by atoms with Gasteiger partial charge in [0.05, 0.1) is 16.3 Å². The fraction of sp³-hybridized carbons (Fsp3) is 0.583. The van der Waals surface area contributed by atoms with Crippen molar-refractivity contribution in [2.75, 3.05) is 0 Å². The maximum absolute atomic E-state index is 12.5. The lowest BCUT2D eigenvalue weighted by molar-refractivity contribution is -0.137. The standard InChI is InChI=1S/C12H14ClF3N2.ClH/c13-9-5-7(12(14,15)16)6-18-11(9)8-3-1-2-4-10(8)17;/h5-6,8,10H,1-4,17H2;1H. The van der Waals surface area contributed by atoms with Crippen molar-refractivity contribution >= 4 is 24.0 Å². The highest BCUT2D eigenvalue weighted by Crippen LogP contribution is 2.37. The predicted octanol–water partition coefficient (Wildman–Crippen LogP) is 4.16. The molecule has 1 aromatic heterocycles. The molecule has 0 saturated heterocycles. The Bertz CT molecular complexity index is 437. The monoisotopic (exact) mass is 314 g/mol. The van der Waals surface area contributed by atoms with Crippen LogP contribution in [0.15, 0.2) is 12.3 Å². The molecule has 1 aromatic rings. The minimum atomic E-state index is -4.41. The number of aromatic nitrogens is 1. The lowest BCUT2D eigenvalue weighted by atomic mass is 9.82. The van der Waals surface area contributed by atoms with Crippen molar-refractivity contribution in [2.45, 2.75) is 43.8 Å². The van der Waals surface area contributed by atoms with Gasteiger partial charge in [-0.2, -0.15) is 13.2 Å². The molecule has 1 saturated carbocycles. The van der Waals surface area contributed by atoms with E-state index < -0.39 is 11.7 Å². The van der Waals surface area contributed by atoms with Gasteiger partial charge in [-0.15, -0.1) is 12.4 Å². The quantitative estimate of drug-likeness (QED) is 0.845. The van der Waals surface area contributed by atoms with E-state index in [0.29, 0.717) is 5.69 Å². The van der Waals surface area contributed by atoms with Gasteiger partial charge in [-0.1, -0.05) is 24.4 Å². The third kappa shape index (κ3) is 3.74. The number of nitrogens with two attached hydrogens (primary N) is 1. The van der Waals surface area contributed by atoms with Crippen LogP contribution in [0.3, 0.4) is 0 Å². The van der Waals surface area contributed by atoms with Crippen LogP contribution in [0.25, 0.3) is 0 Å². The number of rotatable bonds is 1. The number of halogens is 5. The molecule has 0 amide bonds. The smallest absolute Gasteiger partial charge is 0.327 e. The average molecular weight is 315 g/mol. The zero-order valence-corrected chi connectivity index (χ0v) is 11.7. The summed E-state index contributed by atoms with van der Waals surface area (Å²) >= 11 is 5.92. The Balaban J connectivity index is 0.00000180. The summed E-state index contributed by atoms with van der Waals surface area (Å²) in [4.78, 5) is 3.89. The summed E-state index contributed by atoms with van der Waals surface area (Å²) in [5.74, 6) is -0.0338. The van der Waals surface area contributed by atoms with E-state index in [1.165, 1.54) is 0 Å². The second-order valence-corrected chi connectivity index (χ2v) is 5.05. The van der Waals surface area contributed by atoms with E-state index in [1.54, 1.807) is 0 Å². The average Bonchev–Trinajstić information content (AvgIpc) is 2.29.